The number of aromatic nitrogens is 14. The first-order valence-electron chi connectivity index (χ1n) is 47.9. The fourth-order valence-electron chi connectivity index (χ4n) is 22.8. The molecule has 0 fully saturated rings. The van der Waals surface area contributed by atoms with Gasteiger partial charge in [-0.05, 0) is 183 Å². The van der Waals surface area contributed by atoms with Gasteiger partial charge in [-0.15, -0.1) is 0 Å². The molecule has 14 nitrogen and oxygen atoms in total. The van der Waals surface area contributed by atoms with Crippen LogP contribution in [-0.4, -0.2) is 66.4 Å². The number of fused-ring (bicyclic) bond motifs is 28. The third-order valence-corrected chi connectivity index (χ3v) is 29.5. The average molecular weight is 1780 g/mol. The van der Waals surface area contributed by atoms with Crippen LogP contribution in [0.4, 0.5) is 0 Å². The number of nitrogens with zero attached hydrogens (tertiary/aromatic N) is 14. The monoisotopic (exact) mass is 1780 g/mol. The van der Waals surface area contributed by atoms with Gasteiger partial charge >= 0.3 is 0 Å². The van der Waals surface area contributed by atoms with Gasteiger partial charge in [-0.2, -0.15) is 19.9 Å². The van der Waals surface area contributed by atoms with Crippen molar-refractivity contribution in [3.63, 3.8) is 0 Å². The topological polar surface area (TPSA) is 117 Å². The molecule has 0 spiro atoms. The van der Waals surface area contributed by atoms with Crippen molar-refractivity contribution in [2.75, 3.05) is 0 Å². The molecule has 0 saturated carbocycles. The zero-order valence-electron chi connectivity index (χ0n) is 78.7. The molecule has 0 amide bonds. The summed E-state index contributed by atoms with van der Waals surface area (Å²) in [7, 11) is 0. The Hall–Kier alpha value is -16.8. The molecule has 0 atom stereocenters. The summed E-state index contributed by atoms with van der Waals surface area (Å²) in [6, 6.07) is 134. The second-order valence-corrected chi connectivity index (χ2v) is 41.3. The summed E-state index contributed by atoms with van der Waals surface area (Å²) in [4.78, 5) is 33.8. The highest BCUT2D eigenvalue weighted by atomic mass is 15.3. The van der Waals surface area contributed by atoms with E-state index in [1.165, 1.54) is 33.2 Å². The molecule has 0 aliphatic carbocycles. The molecular weight excluding hydrogens is 1690 g/mol. The van der Waals surface area contributed by atoms with Crippen LogP contribution >= 0.6 is 0 Å². The largest absolute Gasteiger partial charge is 0.307 e. The highest BCUT2D eigenvalue weighted by molar-refractivity contribution is 6.29. The summed E-state index contributed by atoms with van der Waals surface area (Å²) < 4.78 is 19.1. The molecule has 0 radical (unpaired) electrons. The second-order valence-electron chi connectivity index (χ2n) is 41.3. The number of rotatable bonds is 12. The normalized spacial score (nSPS) is 12.8. The Balaban J connectivity index is 0.642. The maximum Gasteiger partial charge on any atom is 0.240 e. The van der Waals surface area contributed by atoms with Crippen molar-refractivity contribution in [1.29, 1.82) is 0 Å². The molecular formula is C124H96N14. The van der Waals surface area contributed by atoms with Crippen LogP contribution in [0.1, 0.15) is 104 Å². The van der Waals surface area contributed by atoms with Crippen molar-refractivity contribution in [3.05, 3.63) is 398 Å². The fraction of sp³-hybridized carbons (Fsp3) is 0.129. The molecule has 0 unspecified atom stereocenters. The average Bonchev–Trinajstić information content (AvgIpc) is 1.55. The number of para-hydroxylation sites is 7. The van der Waals surface area contributed by atoms with Crippen LogP contribution in [0.5, 0.6) is 0 Å². The van der Waals surface area contributed by atoms with Crippen LogP contribution in [0.3, 0.4) is 0 Å². The van der Waals surface area contributed by atoms with E-state index in [1.54, 1.807) is 6.33 Å². The van der Waals surface area contributed by atoms with Gasteiger partial charge in [-0.1, -0.05) is 313 Å². The lowest BCUT2D eigenvalue weighted by atomic mass is 9.78. The van der Waals surface area contributed by atoms with E-state index < -0.39 is 5.41 Å². The molecule has 0 N–H and O–H groups in total. The molecule has 0 aliphatic rings. The molecule has 14 heteroatoms. The summed E-state index contributed by atoms with van der Waals surface area (Å²) in [5.74, 6) is 2.60. The first kappa shape index (κ1) is 80.8. The van der Waals surface area contributed by atoms with E-state index in [2.05, 4.69) is 477 Å². The van der Waals surface area contributed by atoms with Gasteiger partial charge in [-0.3, -0.25) is 18.3 Å². The van der Waals surface area contributed by atoms with Crippen molar-refractivity contribution in [2.24, 2.45) is 0 Å². The molecule has 10 aromatic heterocycles. The molecule has 27 aromatic rings. The van der Waals surface area contributed by atoms with Gasteiger partial charge in [-0.25, -0.2) is 9.97 Å². The van der Waals surface area contributed by atoms with Crippen molar-refractivity contribution in [3.8, 4) is 57.9 Å². The SMILES string of the molecule is CC(C)(C)c1ccc2c(c1)c1ccc3c4cc(C(C)(C)C)ccc4n(-c4ncnc(-n5c6ccc(C(C)(C)C)cc6c6ccc7c8cc(C(C)(C)Cc9ccc%10c(c9)c9ccc%11c%12ccccc%12n(-c%12nc(-c%13ccccc%13)nc(-n%13c%14ccccc%14c%14ccc%15c%16ccccc%16n(-c%16ccccc%16)c%15c%14%13)n%12)c%11c9n%10-c9ccccc9)ccc8n(-c8ccccc8)c7c65)n4)c3c1n2-c1ccccc1. The van der Waals surface area contributed by atoms with Crippen molar-refractivity contribution in [2.45, 2.75) is 104 Å². The molecule has 17 aromatic carbocycles. The first-order chi connectivity index (χ1) is 67.1. The van der Waals surface area contributed by atoms with E-state index in [-0.39, 0.29) is 16.2 Å². The van der Waals surface area contributed by atoms with Gasteiger partial charge in [0, 0.05) is 114 Å². The van der Waals surface area contributed by atoms with Crippen LogP contribution < -0.4 is 0 Å². The molecule has 0 bridgehead atoms. The standard InChI is InChI=1S/C124H96N14/c1-121(2,3)76-50-63-104-96(68-76)91-58-60-93-97-69-77(122(4,5)6)51-64-106(97)135(114(93)110(91)133(104)82-39-23-15-24-40-82)117-125-73-126-118(129-117)136-107-65-52-78(123(7,8)9)70-98(107)94-61-59-92-99-71-79(53-66-105(99)134(111(92)115(94)136)83-41-25-16-26-42-83)124(10,11)72-74-49-62-103-95(67-74)90-57-56-89-86-45-29-32-48-102(86)138(113(89)109(90)132(103)81-37-21-14-22-38-81)120-128-116(75-33-17-12-18-34-75)127-119(130-120)137-101-47-31-28-44-85(101)88-55-54-87-84-43-27-30-46-100(84)131(108(87)112(88)137)80-35-19-13-20-36-80/h12-71,73H,72H2,1-11H3. The molecule has 10 heterocycles. The van der Waals surface area contributed by atoms with Gasteiger partial charge in [0.2, 0.25) is 23.8 Å². The summed E-state index contributed by atoms with van der Waals surface area (Å²) >= 11 is 0. The lowest BCUT2D eigenvalue weighted by Crippen LogP contribution is -2.20. The third kappa shape index (κ3) is 12.0. The highest BCUT2D eigenvalue weighted by Crippen LogP contribution is 2.51. The second kappa shape index (κ2) is 29.6. The minimum atomic E-state index is -0.394. The zero-order chi connectivity index (χ0) is 92.8. The Bertz CT molecular complexity index is 9820. The molecule has 662 valence electrons. The van der Waals surface area contributed by atoms with E-state index in [4.69, 9.17) is 29.9 Å². The Morgan fingerprint density at radius 3 is 0.783 bits per heavy atom. The Kier molecular flexibility index (Phi) is 17.3. The highest BCUT2D eigenvalue weighted by Gasteiger charge is 2.34. The first-order valence-corrected chi connectivity index (χ1v) is 47.9. The Labute approximate surface area is 795 Å². The lowest BCUT2D eigenvalue weighted by Gasteiger charge is -2.26. The maximum atomic E-state index is 5.89. The van der Waals surface area contributed by atoms with Crippen molar-refractivity contribution < 1.29 is 0 Å². The Morgan fingerprint density at radius 2 is 0.442 bits per heavy atom. The van der Waals surface area contributed by atoms with Gasteiger partial charge in [0.1, 0.15) is 6.33 Å². The summed E-state index contributed by atoms with van der Waals surface area (Å²) in [6.07, 6.45) is 2.47. The van der Waals surface area contributed by atoms with Crippen molar-refractivity contribution in [1.82, 2.24) is 66.4 Å². The van der Waals surface area contributed by atoms with E-state index in [0.717, 1.165) is 204 Å². The zero-order valence-corrected chi connectivity index (χ0v) is 78.7. The maximum absolute atomic E-state index is 5.89. The van der Waals surface area contributed by atoms with Gasteiger partial charge in [0.25, 0.3) is 0 Å². The van der Waals surface area contributed by atoms with Crippen LogP contribution in [0.2, 0.25) is 0 Å². The quantitative estimate of drug-likeness (QED) is 0.120. The number of hydrogen-bond acceptors (Lipinski definition) is 6. The van der Waals surface area contributed by atoms with E-state index >= 15 is 0 Å². The number of hydrogen-bond donors (Lipinski definition) is 0. The summed E-state index contributed by atoms with van der Waals surface area (Å²) in [6.45, 7) is 25.5. The number of benzene rings is 17. The van der Waals surface area contributed by atoms with E-state index in [9.17, 15) is 0 Å². The molecule has 0 saturated heterocycles. The van der Waals surface area contributed by atoms with Crippen LogP contribution in [0.25, 0.3) is 232 Å². The molecule has 27 rings (SSSR count). The van der Waals surface area contributed by atoms with Crippen LogP contribution in [0, 0.1) is 0 Å². The van der Waals surface area contributed by atoms with E-state index in [0.29, 0.717) is 29.6 Å². The van der Waals surface area contributed by atoms with Crippen LogP contribution in [0.15, 0.2) is 370 Å². The smallest absolute Gasteiger partial charge is 0.240 e. The minimum absolute atomic E-state index is 0.0791. The summed E-state index contributed by atoms with van der Waals surface area (Å²) in [5.41, 5.74) is 27.3. The van der Waals surface area contributed by atoms with Gasteiger partial charge in [0.15, 0.2) is 5.82 Å². The third-order valence-electron chi connectivity index (χ3n) is 29.5. The Morgan fingerprint density at radius 1 is 0.196 bits per heavy atom. The van der Waals surface area contributed by atoms with E-state index in [1.807, 2.05) is 0 Å². The predicted molar refractivity (Wildman–Crippen MR) is 573 cm³/mol. The summed E-state index contributed by atoms with van der Waals surface area (Å²) in [5, 5.41) is 18.0. The molecule has 138 heavy (non-hydrogen) atoms. The lowest BCUT2D eigenvalue weighted by molar-refractivity contribution is 0.523. The molecule has 0 aliphatic heterocycles. The van der Waals surface area contributed by atoms with Crippen LogP contribution in [-0.2, 0) is 28.1 Å². The van der Waals surface area contributed by atoms with Gasteiger partial charge in [0.05, 0.1) is 88.3 Å². The fourth-order valence-corrected chi connectivity index (χ4v) is 22.8. The minimum Gasteiger partial charge on any atom is -0.307 e. The van der Waals surface area contributed by atoms with Crippen molar-refractivity contribution >= 4 is 174 Å². The predicted octanol–water partition coefficient (Wildman–Crippen LogP) is 30.9. The van der Waals surface area contributed by atoms with Gasteiger partial charge < -0.3 is 18.3 Å².